The van der Waals surface area contributed by atoms with Crippen LogP contribution in [0.4, 0.5) is 0 Å². The largest absolute Gasteiger partial charge is 0.508 e. The molecule has 0 saturated heterocycles. The van der Waals surface area contributed by atoms with E-state index in [2.05, 4.69) is 0 Å². The summed E-state index contributed by atoms with van der Waals surface area (Å²) in [7, 11) is 0. The zero-order valence-corrected chi connectivity index (χ0v) is 12.1. The number of aliphatic hydroxyl groups is 2. The van der Waals surface area contributed by atoms with Crippen LogP contribution in [0.25, 0.3) is 0 Å². The fraction of sp³-hybridized carbons (Fsp3) is 0.250. The van der Waals surface area contributed by atoms with Gasteiger partial charge in [-0.2, -0.15) is 0 Å². The number of phenolic OH excluding ortho intramolecular Hbond substituents is 2. The van der Waals surface area contributed by atoms with Gasteiger partial charge in [0.15, 0.2) is 0 Å². The summed E-state index contributed by atoms with van der Waals surface area (Å²) in [6.07, 6.45) is 0. The first-order chi connectivity index (χ1) is 10.7. The van der Waals surface area contributed by atoms with E-state index in [1.54, 1.807) is 24.3 Å². The molecule has 0 saturated carbocycles. The van der Waals surface area contributed by atoms with Crippen molar-refractivity contribution in [3.8, 4) is 23.0 Å². The second kappa shape index (κ2) is 10.3. The quantitative estimate of drug-likeness (QED) is 0.604. The van der Waals surface area contributed by atoms with Crippen LogP contribution in [0.15, 0.2) is 48.5 Å². The Kier molecular flexibility index (Phi) is 8.25. The number of phenols is 2. The van der Waals surface area contributed by atoms with Crippen LogP contribution in [-0.4, -0.2) is 46.9 Å². The molecule has 0 spiro atoms. The number of hydrogen-bond donors (Lipinski definition) is 4. The molecule has 0 amide bonds. The van der Waals surface area contributed by atoms with Crippen molar-refractivity contribution in [3.05, 3.63) is 48.5 Å². The highest BCUT2D eigenvalue weighted by molar-refractivity contribution is 5.31. The van der Waals surface area contributed by atoms with E-state index in [0.717, 1.165) is 0 Å². The molecule has 0 heterocycles. The summed E-state index contributed by atoms with van der Waals surface area (Å²) in [5.74, 6) is 1.72. The predicted octanol–water partition coefficient (Wildman–Crippen LogP) is 1.53. The number of rotatable bonds is 6. The minimum atomic E-state index is 0.00274. The van der Waals surface area contributed by atoms with Crippen molar-refractivity contribution in [1.29, 1.82) is 0 Å². The lowest BCUT2D eigenvalue weighted by atomic mass is 10.3. The third-order valence-electron chi connectivity index (χ3n) is 2.39. The van der Waals surface area contributed by atoms with Gasteiger partial charge in [0.2, 0.25) is 0 Å². The highest BCUT2D eigenvalue weighted by Crippen LogP contribution is 2.17. The molecule has 4 N–H and O–H groups in total. The van der Waals surface area contributed by atoms with E-state index in [0.29, 0.717) is 11.5 Å². The summed E-state index contributed by atoms with van der Waals surface area (Å²) in [5, 5.41) is 34.3. The Morgan fingerprint density at radius 3 is 1.18 bits per heavy atom. The van der Waals surface area contributed by atoms with E-state index in [1.807, 2.05) is 0 Å². The zero-order valence-electron chi connectivity index (χ0n) is 12.1. The van der Waals surface area contributed by atoms with E-state index >= 15 is 0 Å². The van der Waals surface area contributed by atoms with Gasteiger partial charge in [0.1, 0.15) is 36.2 Å². The second-order valence-corrected chi connectivity index (χ2v) is 4.13. The topological polar surface area (TPSA) is 99.4 Å². The monoisotopic (exact) mass is 308 g/mol. The minimum Gasteiger partial charge on any atom is -0.508 e. The van der Waals surface area contributed by atoms with Crippen LogP contribution in [0.1, 0.15) is 0 Å². The van der Waals surface area contributed by atoms with Crippen LogP contribution >= 0.6 is 0 Å². The molecular formula is C16H20O6. The summed E-state index contributed by atoms with van der Waals surface area (Å²) in [6.45, 7) is 0.583. The molecule has 22 heavy (non-hydrogen) atoms. The lowest BCUT2D eigenvalue weighted by Gasteiger charge is -2.06. The molecule has 2 aromatic carbocycles. The minimum absolute atomic E-state index is 0.00274. The van der Waals surface area contributed by atoms with Gasteiger partial charge in [0.25, 0.3) is 0 Å². The Labute approximate surface area is 128 Å². The second-order valence-electron chi connectivity index (χ2n) is 4.13. The smallest absolute Gasteiger partial charge is 0.119 e. The Hall–Kier alpha value is -2.44. The van der Waals surface area contributed by atoms with Crippen molar-refractivity contribution in [1.82, 2.24) is 0 Å². The van der Waals surface area contributed by atoms with Crippen molar-refractivity contribution in [2.24, 2.45) is 0 Å². The van der Waals surface area contributed by atoms with E-state index in [1.165, 1.54) is 24.3 Å². The van der Waals surface area contributed by atoms with Crippen molar-refractivity contribution in [3.63, 3.8) is 0 Å². The molecule has 2 rings (SSSR count). The maximum atomic E-state index is 8.65. The standard InChI is InChI=1S/C10H14O4.C6H6O2/c11-5-7-13-9-1-2-10(4-3-9)14-8-6-12;7-5-1-2-6(8)4-3-5/h1-4,11-12H,5-8H2;1-4,7-8H. The molecule has 0 radical (unpaired) electrons. The van der Waals surface area contributed by atoms with Gasteiger partial charge in [-0.25, -0.2) is 0 Å². The van der Waals surface area contributed by atoms with Crippen molar-refractivity contribution < 1.29 is 29.9 Å². The molecule has 0 atom stereocenters. The lowest BCUT2D eigenvalue weighted by molar-refractivity contribution is 0.198. The summed E-state index contributed by atoms with van der Waals surface area (Å²) in [6, 6.07) is 12.7. The fourth-order valence-corrected chi connectivity index (χ4v) is 1.41. The Balaban J connectivity index is 0.000000255. The van der Waals surface area contributed by atoms with Crippen LogP contribution in [0.3, 0.4) is 0 Å². The van der Waals surface area contributed by atoms with Crippen LogP contribution in [0.2, 0.25) is 0 Å². The van der Waals surface area contributed by atoms with Crippen LogP contribution in [-0.2, 0) is 0 Å². The van der Waals surface area contributed by atoms with Crippen molar-refractivity contribution in [2.75, 3.05) is 26.4 Å². The maximum Gasteiger partial charge on any atom is 0.119 e. The van der Waals surface area contributed by atoms with Gasteiger partial charge in [-0.05, 0) is 48.5 Å². The fourth-order valence-electron chi connectivity index (χ4n) is 1.41. The van der Waals surface area contributed by atoms with Gasteiger partial charge in [-0.1, -0.05) is 0 Å². The average Bonchev–Trinajstić information content (AvgIpc) is 2.55. The molecule has 2 aromatic rings. The summed E-state index contributed by atoms with van der Waals surface area (Å²) < 4.78 is 10.3. The Bertz CT molecular complexity index is 461. The van der Waals surface area contributed by atoms with Gasteiger partial charge in [0, 0.05) is 0 Å². The molecule has 120 valence electrons. The van der Waals surface area contributed by atoms with Gasteiger partial charge in [-0.3, -0.25) is 0 Å². The molecule has 0 aromatic heterocycles. The third kappa shape index (κ3) is 7.37. The average molecular weight is 308 g/mol. The first-order valence-electron chi connectivity index (χ1n) is 6.71. The highest BCUT2D eigenvalue weighted by atomic mass is 16.5. The molecule has 6 heteroatoms. The molecule has 0 bridgehead atoms. The normalized spacial score (nSPS) is 9.55. The first-order valence-corrected chi connectivity index (χ1v) is 6.71. The molecular weight excluding hydrogens is 288 g/mol. The molecule has 0 fully saturated rings. The number of aliphatic hydroxyl groups excluding tert-OH is 2. The van der Waals surface area contributed by atoms with Gasteiger partial charge >= 0.3 is 0 Å². The van der Waals surface area contributed by atoms with Crippen LogP contribution < -0.4 is 9.47 Å². The van der Waals surface area contributed by atoms with Gasteiger partial charge in [-0.15, -0.1) is 0 Å². The molecule has 0 aliphatic carbocycles. The first kappa shape index (κ1) is 17.6. The van der Waals surface area contributed by atoms with Gasteiger partial charge in [0.05, 0.1) is 13.2 Å². The lowest BCUT2D eigenvalue weighted by Crippen LogP contribution is -2.03. The van der Waals surface area contributed by atoms with Crippen LogP contribution in [0, 0.1) is 0 Å². The van der Waals surface area contributed by atoms with E-state index in [4.69, 9.17) is 29.9 Å². The summed E-state index contributed by atoms with van der Waals surface area (Å²) in [5.41, 5.74) is 0. The number of benzene rings is 2. The Morgan fingerprint density at radius 2 is 0.909 bits per heavy atom. The summed E-state index contributed by atoms with van der Waals surface area (Å²) >= 11 is 0. The number of ether oxygens (including phenoxy) is 2. The SMILES string of the molecule is OCCOc1ccc(OCCO)cc1.Oc1ccc(O)cc1. The Morgan fingerprint density at radius 1 is 0.591 bits per heavy atom. The molecule has 6 nitrogen and oxygen atoms in total. The molecule has 0 aliphatic heterocycles. The summed E-state index contributed by atoms with van der Waals surface area (Å²) in [4.78, 5) is 0. The van der Waals surface area contributed by atoms with Crippen molar-refractivity contribution >= 4 is 0 Å². The van der Waals surface area contributed by atoms with E-state index in [9.17, 15) is 0 Å². The van der Waals surface area contributed by atoms with E-state index in [-0.39, 0.29) is 37.9 Å². The number of hydrogen-bond acceptors (Lipinski definition) is 6. The van der Waals surface area contributed by atoms with Crippen LogP contribution in [0.5, 0.6) is 23.0 Å². The molecule has 0 unspecified atom stereocenters. The predicted molar refractivity (Wildman–Crippen MR) is 81.4 cm³/mol. The maximum absolute atomic E-state index is 8.65. The number of aromatic hydroxyl groups is 2. The zero-order chi connectivity index (χ0) is 16.2. The molecule has 0 aliphatic rings. The third-order valence-corrected chi connectivity index (χ3v) is 2.39. The highest BCUT2D eigenvalue weighted by Gasteiger charge is 1.95. The van der Waals surface area contributed by atoms with Crippen molar-refractivity contribution in [2.45, 2.75) is 0 Å². The van der Waals surface area contributed by atoms with Gasteiger partial charge < -0.3 is 29.9 Å². The van der Waals surface area contributed by atoms with E-state index < -0.39 is 0 Å².